The van der Waals surface area contributed by atoms with Crippen LogP contribution in [0.1, 0.15) is 50.0 Å². The van der Waals surface area contributed by atoms with Gasteiger partial charge in [0.15, 0.2) is 6.10 Å². The third kappa shape index (κ3) is 4.85. The van der Waals surface area contributed by atoms with Crippen molar-refractivity contribution in [1.29, 1.82) is 0 Å². The highest BCUT2D eigenvalue weighted by molar-refractivity contribution is 6.04. The molecule has 0 aliphatic heterocycles. The summed E-state index contributed by atoms with van der Waals surface area (Å²) in [6.45, 7) is 8.29. The van der Waals surface area contributed by atoms with Gasteiger partial charge in [0.2, 0.25) is 0 Å². The van der Waals surface area contributed by atoms with Crippen LogP contribution in [0.3, 0.4) is 0 Å². The third-order valence-corrected chi connectivity index (χ3v) is 4.11. The van der Waals surface area contributed by atoms with E-state index in [1.54, 1.807) is 24.3 Å². The zero-order valence-electron chi connectivity index (χ0n) is 15.7. The summed E-state index contributed by atoms with van der Waals surface area (Å²) in [6.07, 6.45) is -0.178. The number of nitrogens with two attached hydrogens (primary N) is 1. The smallest absolute Gasteiger partial charge is 0.265 e. The van der Waals surface area contributed by atoms with Gasteiger partial charge < -0.3 is 15.8 Å². The molecule has 0 aromatic heterocycles. The van der Waals surface area contributed by atoms with Gasteiger partial charge in [0.05, 0.1) is 11.3 Å². The number of benzene rings is 2. The number of ether oxygens (including phenoxy) is 1. The molecule has 26 heavy (non-hydrogen) atoms. The van der Waals surface area contributed by atoms with Gasteiger partial charge in [0.25, 0.3) is 11.8 Å². The molecule has 5 heteroatoms. The molecule has 0 radical (unpaired) electrons. The maximum atomic E-state index is 12.6. The van der Waals surface area contributed by atoms with Crippen LogP contribution >= 0.6 is 0 Å². The Bertz CT molecular complexity index is 777. The fourth-order valence-corrected chi connectivity index (χ4v) is 2.54. The number of carbonyl (C=O) groups excluding carboxylic acids is 2. The van der Waals surface area contributed by atoms with E-state index in [1.807, 2.05) is 31.2 Å². The second-order valence-electron chi connectivity index (χ2n) is 7.19. The van der Waals surface area contributed by atoms with Gasteiger partial charge in [-0.05, 0) is 41.7 Å². The zero-order chi connectivity index (χ0) is 19.3. The standard InChI is InChI=1S/C21H26N2O3/c1-5-18(26-15-12-10-14(11-13-15)21(2,3)4)20(25)23-17-9-7-6-8-16(17)19(22)24/h6-13,18H,5H2,1-4H3,(H2,22,24)(H,23,25)/t18-/m0/s1. The third-order valence-electron chi connectivity index (χ3n) is 4.11. The summed E-state index contributed by atoms with van der Waals surface area (Å²) in [5.41, 5.74) is 7.25. The zero-order valence-corrected chi connectivity index (χ0v) is 15.7. The highest BCUT2D eigenvalue weighted by Gasteiger charge is 2.21. The maximum Gasteiger partial charge on any atom is 0.265 e. The van der Waals surface area contributed by atoms with Crippen LogP contribution in [0.4, 0.5) is 5.69 Å². The molecule has 2 amide bonds. The van der Waals surface area contributed by atoms with E-state index in [0.29, 0.717) is 17.9 Å². The van der Waals surface area contributed by atoms with E-state index in [-0.39, 0.29) is 16.9 Å². The molecule has 0 heterocycles. The van der Waals surface area contributed by atoms with Crippen molar-refractivity contribution in [1.82, 2.24) is 0 Å². The Morgan fingerprint density at radius 2 is 1.69 bits per heavy atom. The van der Waals surface area contributed by atoms with E-state index in [9.17, 15) is 9.59 Å². The summed E-state index contributed by atoms with van der Waals surface area (Å²) in [5.74, 6) is -0.281. The highest BCUT2D eigenvalue weighted by Crippen LogP contribution is 2.25. The fourth-order valence-electron chi connectivity index (χ4n) is 2.54. The number of anilines is 1. The number of amides is 2. The minimum absolute atomic E-state index is 0.0541. The lowest BCUT2D eigenvalue weighted by Crippen LogP contribution is -2.33. The van der Waals surface area contributed by atoms with Gasteiger partial charge >= 0.3 is 0 Å². The van der Waals surface area contributed by atoms with Crippen LogP contribution in [-0.2, 0) is 10.2 Å². The Labute approximate surface area is 154 Å². The summed E-state index contributed by atoms with van der Waals surface area (Å²) < 4.78 is 5.84. The van der Waals surface area contributed by atoms with Crippen molar-refractivity contribution < 1.29 is 14.3 Å². The van der Waals surface area contributed by atoms with Crippen molar-refractivity contribution in [3.8, 4) is 5.75 Å². The Hall–Kier alpha value is -2.82. The molecule has 1 atom stereocenters. The second-order valence-corrected chi connectivity index (χ2v) is 7.19. The van der Waals surface area contributed by atoms with Gasteiger partial charge in [-0.3, -0.25) is 9.59 Å². The molecular weight excluding hydrogens is 328 g/mol. The van der Waals surface area contributed by atoms with Gasteiger partial charge in [-0.2, -0.15) is 0 Å². The Morgan fingerprint density at radius 1 is 1.08 bits per heavy atom. The minimum atomic E-state index is -0.670. The van der Waals surface area contributed by atoms with E-state index in [4.69, 9.17) is 10.5 Å². The lowest BCUT2D eigenvalue weighted by molar-refractivity contribution is -0.122. The number of rotatable bonds is 6. The van der Waals surface area contributed by atoms with Gasteiger partial charge in [-0.1, -0.05) is 52.0 Å². The summed E-state index contributed by atoms with van der Waals surface area (Å²) in [5, 5.41) is 2.73. The molecule has 2 rings (SSSR count). The topological polar surface area (TPSA) is 81.4 Å². The molecular formula is C21H26N2O3. The van der Waals surface area contributed by atoms with Crippen LogP contribution in [0.5, 0.6) is 5.75 Å². The Kier molecular flexibility index (Phi) is 6.03. The lowest BCUT2D eigenvalue weighted by Gasteiger charge is -2.21. The van der Waals surface area contributed by atoms with Crippen molar-refractivity contribution in [2.24, 2.45) is 5.73 Å². The van der Waals surface area contributed by atoms with Crippen LogP contribution in [0.25, 0.3) is 0 Å². The maximum absolute atomic E-state index is 12.6. The molecule has 138 valence electrons. The number of primary amides is 1. The van der Waals surface area contributed by atoms with E-state index >= 15 is 0 Å². The molecule has 0 bridgehead atoms. The summed E-state index contributed by atoms with van der Waals surface area (Å²) in [6, 6.07) is 14.4. The summed E-state index contributed by atoms with van der Waals surface area (Å²) >= 11 is 0. The second kappa shape index (κ2) is 8.04. The summed E-state index contributed by atoms with van der Waals surface area (Å²) in [4.78, 5) is 24.0. The molecule has 3 N–H and O–H groups in total. The minimum Gasteiger partial charge on any atom is -0.481 e. The molecule has 0 aliphatic carbocycles. The van der Waals surface area contributed by atoms with Gasteiger partial charge in [0, 0.05) is 0 Å². The first-order valence-corrected chi connectivity index (χ1v) is 8.69. The quantitative estimate of drug-likeness (QED) is 0.826. The van der Waals surface area contributed by atoms with Gasteiger partial charge in [-0.15, -0.1) is 0 Å². The van der Waals surface area contributed by atoms with Crippen LogP contribution in [0, 0.1) is 0 Å². The first-order chi connectivity index (χ1) is 12.2. The van der Waals surface area contributed by atoms with E-state index in [1.165, 1.54) is 5.56 Å². The predicted molar refractivity (Wildman–Crippen MR) is 103 cm³/mol. The van der Waals surface area contributed by atoms with Crippen LogP contribution in [0.2, 0.25) is 0 Å². The van der Waals surface area contributed by atoms with Crippen LogP contribution in [0.15, 0.2) is 48.5 Å². The normalized spacial score (nSPS) is 12.3. The van der Waals surface area contributed by atoms with Crippen LogP contribution < -0.4 is 15.8 Å². The largest absolute Gasteiger partial charge is 0.481 e. The van der Waals surface area contributed by atoms with E-state index in [0.717, 1.165) is 0 Å². The fraction of sp³-hybridized carbons (Fsp3) is 0.333. The van der Waals surface area contributed by atoms with Crippen molar-refractivity contribution in [2.75, 3.05) is 5.32 Å². The van der Waals surface area contributed by atoms with Crippen molar-refractivity contribution in [2.45, 2.75) is 45.6 Å². The van der Waals surface area contributed by atoms with Gasteiger partial charge in [0.1, 0.15) is 5.75 Å². The molecule has 0 fully saturated rings. The SMILES string of the molecule is CC[C@H](Oc1ccc(C(C)(C)C)cc1)C(=O)Nc1ccccc1C(N)=O. The molecule has 5 nitrogen and oxygen atoms in total. The number of hydrogen-bond donors (Lipinski definition) is 2. The molecule has 2 aromatic carbocycles. The van der Waals surface area contributed by atoms with Crippen LogP contribution in [-0.4, -0.2) is 17.9 Å². The van der Waals surface area contributed by atoms with E-state index < -0.39 is 12.0 Å². The predicted octanol–water partition coefficient (Wildman–Crippen LogP) is 3.88. The number of nitrogens with one attached hydrogen (secondary N) is 1. The number of hydrogen-bond acceptors (Lipinski definition) is 3. The molecule has 0 saturated carbocycles. The first kappa shape index (κ1) is 19.5. The lowest BCUT2D eigenvalue weighted by atomic mass is 9.87. The molecule has 2 aromatic rings. The average Bonchev–Trinajstić information content (AvgIpc) is 2.59. The average molecular weight is 354 g/mol. The van der Waals surface area contributed by atoms with E-state index in [2.05, 4.69) is 26.1 Å². The Balaban J connectivity index is 2.11. The van der Waals surface area contributed by atoms with Crippen molar-refractivity contribution in [3.63, 3.8) is 0 Å². The van der Waals surface area contributed by atoms with Gasteiger partial charge in [-0.25, -0.2) is 0 Å². The number of para-hydroxylation sites is 1. The highest BCUT2D eigenvalue weighted by atomic mass is 16.5. The number of carbonyl (C=O) groups is 2. The molecule has 0 unspecified atom stereocenters. The molecule has 0 saturated heterocycles. The first-order valence-electron chi connectivity index (χ1n) is 8.69. The molecule has 0 aliphatic rings. The van der Waals surface area contributed by atoms with Crippen molar-refractivity contribution in [3.05, 3.63) is 59.7 Å². The molecule has 0 spiro atoms. The van der Waals surface area contributed by atoms with Crippen molar-refractivity contribution >= 4 is 17.5 Å². The Morgan fingerprint density at radius 3 is 2.23 bits per heavy atom. The summed E-state index contributed by atoms with van der Waals surface area (Å²) in [7, 11) is 0. The monoisotopic (exact) mass is 354 g/mol.